The van der Waals surface area contributed by atoms with E-state index in [2.05, 4.69) is 24.8 Å². The first-order valence-electron chi connectivity index (χ1n) is 11.5. The molecular formula is C26H27N5O3. The number of nitro benzene ring substituents is 1. The summed E-state index contributed by atoms with van der Waals surface area (Å²) in [6.07, 6.45) is 1.73. The number of non-ortho nitro benzene ring substituents is 1. The van der Waals surface area contributed by atoms with Crippen LogP contribution in [0.3, 0.4) is 0 Å². The van der Waals surface area contributed by atoms with Crippen LogP contribution in [0.2, 0.25) is 0 Å². The Bertz CT molecular complexity index is 1220. The molecule has 1 aliphatic carbocycles. The maximum absolute atomic E-state index is 13.2. The van der Waals surface area contributed by atoms with Crippen molar-refractivity contribution in [1.82, 2.24) is 0 Å². The van der Waals surface area contributed by atoms with Crippen molar-refractivity contribution in [3.05, 3.63) is 86.9 Å². The van der Waals surface area contributed by atoms with Gasteiger partial charge in [0.05, 0.1) is 22.5 Å². The fraction of sp³-hybridized carbons (Fsp3) is 0.308. The predicted molar refractivity (Wildman–Crippen MR) is 131 cm³/mol. The van der Waals surface area contributed by atoms with Gasteiger partial charge in [-0.3, -0.25) is 19.8 Å². The number of anilines is 2. The first-order chi connectivity index (χ1) is 16.4. The molecule has 0 radical (unpaired) electrons. The van der Waals surface area contributed by atoms with Crippen LogP contribution < -0.4 is 15.5 Å². The Hall–Kier alpha value is -4.12. The Morgan fingerprint density at radius 1 is 1.12 bits per heavy atom. The number of nitrogens with two attached hydrogens (primary N) is 1. The number of carbonyl (C=O) groups is 1. The zero-order valence-electron chi connectivity index (χ0n) is 19.3. The van der Waals surface area contributed by atoms with Crippen LogP contribution in [0.1, 0.15) is 44.6 Å². The van der Waals surface area contributed by atoms with Crippen LogP contribution in [-0.4, -0.2) is 23.8 Å². The number of rotatable bonds is 6. The Kier molecular flexibility index (Phi) is 6.37. The molecule has 34 heavy (non-hydrogen) atoms. The van der Waals surface area contributed by atoms with E-state index in [-0.39, 0.29) is 17.3 Å². The van der Waals surface area contributed by atoms with Crippen molar-refractivity contribution in [3.63, 3.8) is 0 Å². The molecule has 8 nitrogen and oxygen atoms in total. The average molecular weight is 458 g/mol. The minimum absolute atomic E-state index is 0.00577. The van der Waals surface area contributed by atoms with Crippen molar-refractivity contribution in [2.24, 2.45) is 5.73 Å². The molecule has 174 valence electrons. The highest BCUT2D eigenvalue weighted by Crippen LogP contribution is 2.46. The summed E-state index contributed by atoms with van der Waals surface area (Å²) in [7, 11) is 0. The van der Waals surface area contributed by atoms with Gasteiger partial charge in [-0.15, -0.1) is 0 Å². The first kappa shape index (κ1) is 23.1. The van der Waals surface area contributed by atoms with Gasteiger partial charge in [-0.1, -0.05) is 12.1 Å². The number of carbonyl (C=O) groups excluding carboxylic acids is 1. The topological polar surface area (TPSA) is 116 Å². The molecule has 2 aromatic rings. The van der Waals surface area contributed by atoms with Crippen LogP contribution in [0.25, 0.3) is 0 Å². The first-order valence-corrected chi connectivity index (χ1v) is 11.5. The molecule has 0 fully saturated rings. The highest BCUT2D eigenvalue weighted by molar-refractivity contribution is 6.01. The molecule has 0 bridgehead atoms. The Labute approximate surface area is 198 Å². The molecule has 2 aliphatic rings. The molecule has 4 rings (SSSR count). The summed E-state index contributed by atoms with van der Waals surface area (Å²) < 4.78 is 0. The van der Waals surface area contributed by atoms with Gasteiger partial charge in [0, 0.05) is 54.3 Å². The predicted octanol–water partition coefficient (Wildman–Crippen LogP) is 4.75. The summed E-state index contributed by atoms with van der Waals surface area (Å²) >= 11 is 0. The minimum Gasteiger partial charge on any atom is -0.384 e. The number of hydrogen-bond donors (Lipinski definition) is 1. The molecule has 0 saturated carbocycles. The maximum atomic E-state index is 13.2. The number of ketones is 1. The van der Waals surface area contributed by atoms with E-state index in [9.17, 15) is 20.2 Å². The van der Waals surface area contributed by atoms with Crippen molar-refractivity contribution in [1.29, 1.82) is 5.26 Å². The van der Waals surface area contributed by atoms with E-state index in [4.69, 9.17) is 5.73 Å². The number of nitriles is 1. The second kappa shape index (κ2) is 9.40. The quantitative estimate of drug-likeness (QED) is 0.491. The lowest BCUT2D eigenvalue weighted by Crippen LogP contribution is -2.38. The fourth-order valence-electron chi connectivity index (χ4n) is 4.90. The van der Waals surface area contributed by atoms with Crippen LogP contribution in [0.5, 0.6) is 0 Å². The Morgan fingerprint density at radius 2 is 1.76 bits per heavy atom. The summed E-state index contributed by atoms with van der Waals surface area (Å²) in [5.41, 5.74) is 10.7. The molecular weight excluding hydrogens is 430 g/mol. The number of nitro groups is 1. The minimum atomic E-state index is -0.534. The normalized spacial score (nSPS) is 18.0. The summed E-state index contributed by atoms with van der Waals surface area (Å²) in [5.74, 6) is -0.276. The smallest absolute Gasteiger partial charge is 0.269 e. The van der Waals surface area contributed by atoms with E-state index < -0.39 is 10.8 Å². The number of allylic oxidation sites excluding steroid dienone is 3. The van der Waals surface area contributed by atoms with Crippen molar-refractivity contribution >= 4 is 22.8 Å². The van der Waals surface area contributed by atoms with Gasteiger partial charge in [0.1, 0.15) is 5.82 Å². The van der Waals surface area contributed by atoms with Crippen LogP contribution in [0.15, 0.2) is 71.2 Å². The molecule has 0 amide bonds. The van der Waals surface area contributed by atoms with E-state index in [1.165, 1.54) is 12.1 Å². The number of hydrogen-bond acceptors (Lipinski definition) is 7. The van der Waals surface area contributed by atoms with Crippen molar-refractivity contribution in [2.45, 2.75) is 39.0 Å². The van der Waals surface area contributed by atoms with E-state index in [0.717, 1.165) is 30.0 Å². The van der Waals surface area contributed by atoms with Gasteiger partial charge in [-0.05, 0) is 56.5 Å². The molecule has 1 heterocycles. The highest BCUT2D eigenvalue weighted by atomic mass is 16.6. The third-order valence-electron chi connectivity index (χ3n) is 6.59. The maximum Gasteiger partial charge on any atom is 0.269 e. The summed E-state index contributed by atoms with van der Waals surface area (Å²) in [6.45, 7) is 5.96. The molecule has 0 spiro atoms. The summed E-state index contributed by atoms with van der Waals surface area (Å²) in [5, 5.41) is 21.2. The van der Waals surface area contributed by atoms with Crippen LogP contribution in [0, 0.1) is 21.4 Å². The lowest BCUT2D eigenvalue weighted by atomic mass is 9.75. The average Bonchev–Trinajstić information content (AvgIpc) is 2.85. The molecule has 0 aromatic heterocycles. The molecule has 1 atom stereocenters. The number of benzene rings is 2. The Balaban J connectivity index is 1.84. The van der Waals surface area contributed by atoms with Gasteiger partial charge in [-0.25, -0.2) is 0 Å². The van der Waals surface area contributed by atoms with Crippen molar-refractivity contribution in [2.75, 3.05) is 22.9 Å². The molecule has 8 heteroatoms. The Morgan fingerprint density at radius 3 is 2.32 bits per heavy atom. The largest absolute Gasteiger partial charge is 0.384 e. The molecule has 1 aliphatic heterocycles. The zero-order chi connectivity index (χ0) is 24.4. The van der Waals surface area contributed by atoms with E-state index >= 15 is 0 Å². The molecule has 2 N–H and O–H groups in total. The zero-order valence-corrected chi connectivity index (χ0v) is 19.3. The monoisotopic (exact) mass is 457 g/mol. The van der Waals surface area contributed by atoms with Crippen molar-refractivity contribution in [3.8, 4) is 6.07 Å². The summed E-state index contributed by atoms with van der Waals surface area (Å²) in [6, 6.07) is 16.2. The highest BCUT2D eigenvalue weighted by Gasteiger charge is 2.40. The third-order valence-corrected chi connectivity index (χ3v) is 6.59. The number of Topliss-reactive ketones (excluding diaryl/α,β-unsaturated/α-hetero) is 1. The van der Waals surface area contributed by atoms with Crippen molar-refractivity contribution < 1.29 is 9.72 Å². The van der Waals surface area contributed by atoms with Gasteiger partial charge in [0.15, 0.2) is 5.78 Å². The van der Waals surface area contributed by atoms with Gasteiger partial charge < -0.3 is 10.6 Å². The third kappa shape index (κ3) is 3.90. The van der Waals surface area contributed by atoms with E-state index in [1.54, 1.807) is 17.0 Å². The second-order valence-corrected chi connectivity index (χ2v) is 8.35. The van der Waals surface area contributed by atoms with Crippen LogP contribution >= 0.6 is 0 Å². The fourth-order valence-corrected chi connectivity index (χ4v) is 4.90. The van der Waals surface area contributed by atoms with Gasteiger partial charge >= 0.3 is 0 Å². The second-order valence-electron chi connectivity index (χ2n) is 8.35. The van der Waals surface area contributed by atoms with Gasteiger partial charge in [-0.2, -0.15) is 5.26 Å². The molecule has 0 saturated heterocycles. The van der Waals surface area contributed by atoms with Gasteiger partial charge in [0.2, 0.25) is 0 Å². The molecule has 2 aromatic carbocycles. The lowest BCUT2D eigenvalue weighted by molar-refractivity contribution is -0.384. The van der Waals surface area contributed by atoms with Crippen LogP contribution in [-0.2, 0) is 4.79 Å². The number of nitrogens with zero attached hydrogens (tertiary/aromatic N) is 4. The van der Waals surface area contributed by atoms with E-state index in [1.807, 2.05) is 24.3 Å². The summed E-state index contributed by atoms with van der Waals surface area (Å²) in [4.78, 5) is 27.8. The van der Waals surface area contributed by atoms with E-state index in [0.29, 0.717) is 36.1 Å². The van der Waals surface area contributed by atoms with Gasteiger partial charge in [0.25, 0.3) is 5.69 Å². The SMILES string of the molecule is CCN(CC)c1ccc(C2C(C#N)=C(N)N(c3ccc([N+](=O)[O-])cc3)C3=C2C(=O)CCC3)cc1. The lowest BCUT2D eigenvalue weighted by Gasteiger charge is -2.39. The standard InChI is InChI=1S/C26H27N5O3/c1-3-29(4-2)18-10-8-17(9-11-18)24-21(16-27)26(28)30(22-6-5-7-23(32)25(22)24)19-12-14-20(15-13-19)31(33)34/h8-15,24H,3-7,28H2,1-2H3. The molecule has 1 unspecified atom stereocenters. The van der Waals surface area contributed by atoms with Crippen LogP contribution in [0.4, 0.5) is 17.1 Å².